The molecule has 3 rings (SSSR count). The Bertz CT molecular complexity index is 1120. The van der Waals surface area contributed by atoms with E-state index < -0.39 is 5.56 Å². The van der Waals surface area contributed by atoms with Crippen LogP contribution in [-0.4, -0.2) is 22.8 Å². The number of nitriles is 1. The van der Waals surface area contributed by atoms with Gasteiger partial charge >= 0.3 is 0 Å². The number of H-pyrrole nitrogens is 1. The third-order valence-corrected chi connectivity index (χ3v) is 4.23. The smallest absolute Gasteiger partial charge is 0.270 e. The molecule has 0 atom stereocenters. The predicted molar refractivity (Wildman–Crippen MR) is 113 cm³/mol. The highest BCUT2D eigenvalue weighted by Gasteiger charge is 2.12. The summed E-state index contributed by atoms with van der Waals surface area (Å²) in [6.07, 6.45) is 1.64. The van der Waals surface area contributed by atoms with Gasteiger partial charge in [-0.2, -0.15) is 10.4 Å². The standard InChI is InChI=1S/C22H21N5O2/c1-4-29-20-14(2)10-16(11-15(20)3)13-24-27-22-25-19(17-8-6-5-7-9-17)18(12-23)21(28)26-22/h5-11,13H,4H2,1-3H3,(H2,25,26,27,28). The molecule has 146 valence electrons. The Labute approximate surface area is 168 Å². The summed E-state index contributed by atoms with van der Waals surface area (Å²) >= 11 is 0. The van der Waals surface area contributed by atoms with E-state index in [1.165, 1.54) is 0 Å². The summed E-state index contributed by atoms with van der Waals surface area (Å²) in [6, 6.07) is 14.9. The SMILES string of the molecule is CCOc1c(C)cc(C=NNc2nc(-c3ccccc3)c(C#N)c(=O)[nH]2)cc1C. The molecule has 2 aromatic carbocycles. The van der Waals surface area contributed by atoms with Gasteiger partial charge in [0.2, 0.25) is 5.95 Å². The molecule has 0 fully saturated rings. The fraction of sp³-hybridized carbons (Fsp3) is 0.182. The van der Waals surface area contributed by atoms with Crippen molar-refractivity contribution in [1.82, 2.24) is 9.97 Å². The Hall–Kier alpha value is -3.92. The zero-order valence-electron chi connectivity index (χ0n) is 16.5. The van der Waals surface area contributed by atoms with E-state index in [2.05, 4.69) is 20.5 Å². The van der Waals surface area contributed by atoms with E-state index in [4.69, 9.17) is 4.74 Å². The summed E-state index contributed by atoms with van der Waals surface area (Å²) < 4.78 is 5.65. The minimum Gasteiger partial charge on any atom is -0.493 e. The molecule has 7 nitrogen and oxygen atoms in total. The predicted octanol–water partition coefficient (Wildman–Crippen LogP) is 3.77. The molecule has 3 aromatic rings. The number of rotatable bonds is 6. The lowest BCUT2D eigenvalue weighted by molar-refractivity contribution is 0.335. The Morgan fingerprint density at radius 1 is 1.24 bits per heavy atom. The fourth-order valence-corrected chi connectivity index (χ4v) is 3.03. The van der Waals surface area contributed by atoms with Gasteiger partial charge in [0.05, 0.1) is 18.5 Å². The number of hydrogen-bond acceptors (Lipinski definition) is 6. The second-order valence-electron chi connectivity index (χ2n) is 6.40. The first-order valence-corrected chi connectivity index (χ1v) is 9.16. The van der Waals surface area contributed by atoms with Crippen LogP contribution in [0, 0.1) is 25.2 Å². The van der Waals surface area contributed by atoms with Gasteiger partial charge < -0.3 is 4.74 Å². The summed E-state index contributed by atoms with van der Waals surface area (Å²) in [5.74, 6) is 1.03. The van der Waals surface area contributed by atoms with Crippen LogP contribution in [0.2, 0.25) is 0 Å². The van der Waals surface area contributed by atoms with Crippen LogP contribution in [0.4, 0.5) is 5.95 Å². The number of ether oxygens (including phenoxy) is 1. The summed E-state index contributed by atoms with van der Waals surface area (Å²) in [5.41, 5.74) is 6.09. The summed E-state index contributed by atoms with van der Waals surface area (Å²) in [5, 5.41) is 13.5. The first-order valence-electron chi connectivity index (χ1n) is 9.16. The van der Waals surface area contributed by atoms with Crippen LogP contribution in [0.25, 0.3) is 11.3 Å². The highest BCUT2D eigenvalue weighted by Crippen LogP contribution is 2.24. The number of aryl methyl sites for hydroxylation is 2. The van der Waals surface area contributed by atoms with E-state index in [0.29, 0.717) is 17.9 Å². The zero-order valence-corrected chi connectivity index (χ0v) is 16.5. The molecule has 7 heteroatoms. The summed E-state index contributed by atoms with van der Waals surface area (Å²) in [7, 11) is 0. The van der Waals surface area contributed by atoms with Gasteiger partial charge in [0, 0.05) is 5.56 Å². The molecule has 0 aliphatic carbocycles. The quantitative estimate of drug-likeness (QED) is 0.495. The molecule has 1 aromatic heterocycles. The first-order chi connectivity index (χ1) is 14.0. The van der Waals surface area contributed by atoms with Gasteiger partial charge in [0.15, 0.2) is 0 Å². The van der Waals surface area contributed by atoms with Crippen molar-refractivity contribution in [3.05, 3.63) is 75.1 Å². The number of anilines is 1. The number of aromatic amines is 1. The molecule has 0 radical (unpaired) electrons. The molecular weight excluding hydrogens is 366 g/mol. The Balaban J connectivity index is 1.87. The van der Waals surface area contributed by atoms with Gasteiger partial charge in [-0.1, -0.05) is 30.3 Å². The molecule has 0 saturated heterocycles. The van der Waals surface area contributed by atoms with Crippen LogP contribution >= 0.6 is 0 Å². The maximum atomic E-state index is 12.3. The van der Waals surface area contributed by atoms with Gasteiger partial charge in [-0.25, -0.2) is 10.4 Å². The van der Waals surface area contributed by atoms with E-state index >= 15 is 0 Å². The van der Waals surface area contributed by atoms with Gasteiger partial charge in [0.1, 0.15) is 17.4 Å². The third-order valence-electron chi connectivity index (χ3n) is 4.23. The highest BCUT2D eigenvalue weighted by molar-refractivity contribution is 5.81. The average Bonchev–Trinajstić information content (AvgIpc) is 2.71. The maximum Gasteiger partial charge on any atom is 0.270 e. The van der Waals surface area contributed by atoms with Gasteiger partial charge in [-0.3, -0.25) is 9.78 Å². The van der Waals surface area contributed by atoms with Gasteiger partial charge in [0.25, 0.3) is 5.56 Å². The van der Waals surface area contributed by atoms with Crippen LogP contribution < -0.4 is 15.7 Å². The molecule has 29 heavy (non-hydrogen) atoms. The number of benzene rings is 2. The third kappa shape index (κ3) is 4.50. The van der Waals surface area contributed by atoms with Crippen molar-refractivity contribution in [3.8, 4) is 23.1 Å². The minimum absolute atomic E-state index is 0.0384. The lowest BCUT2D eigenvalue weighted by Gasteiger charge is -2.11. The van der Waals surface area contributed by atoms with E-state index in [1.54, 1.807) is 18.3 Å². The topological polar surface area (TPSA) is 103 Å². The zero-order chi connectivity index (χ0) is 20.8. The minimum atomic E-state index is -0.521. The van der Waals surface area contributed by atoms with E-state index in [0.717, 1.165) is 22.4 Å². The lowest BCUT2D eigenvalue weighted by Crippen LogP contribution is -2.16. The number of nitrogens with zero attached hydrogens (tertiary/aromatic N) is 3. The van der Waals surface area contributed by atoms with Crippen LogP contribution in [0.5, 0.6) is 5.75 Å². The largest absolute Gasteiger partial charge is 0.493 e. The molecule has 0 aliphatic heterocycles. The van der Waals surface area contributed by atoms with E-state index in [9.17, 15) is 10.1 Å². The molecule has 0 spiro atoms. The summed E-state index contributed by atoms with van der Waals surface area (Å²) in [4.78, 5) is 19.2. The fourth-order valence-electron chi connectivity index (χ4n) is 3.03. The van der Waals surface area contributed by atoms with Crippen LogP contribution in [-0.2, 0) is 0 Å². The average molecular weight is 387 g/mol. The highest BCUT2D eigenvalue weighted by atomic mass is 16.5. The molecule has 1 heterocycles. The van der Waals surface area contributed by atoms with Crippen molar-refractivity contribution >= 4 is 12.2 Å². The van der Waals surface area contributed by atoms with Crippen molar-refractivity contribution in [3.63, 3.8) is 0 Å². The van der Waals surface area contributed by atoms with Crippen molar-refractivity contribution in [2.24, 2.45) is 5.10 Å². The lowest BCUT2D eigenvalue weighted by atomic mass is 10.1. The van der Waals surface area contributed by atoms with Crippen LogP contribution in [0.15, 0.2) is 52.4 Å². The van der Waals surface area contributed by atoms with Gasteiger partial charge in [-0.15, -0.1) is 0 Å². The monoisotopic (exact) mass is 387 g/mol. The van der Waals surface area contributed by atoms with Crippen LogP contribution in [0.3, 0.4) is 0 Å². The van der Waals surface area contributed by atoms with Gasteiger partial charge in [-0.05, 0) is 49.6 Å². The number of aromatic nitrogens is 2. The number of nitrogens with one attached hydrogen (secondary N) is 2. The first kappa shape index (κ1) is 19.8. The van der Waals surface area contributed by atoms with Crippen molar-refractivity contribution in [2.75, 3.05) is 12.0 Å². The molecule has 0 amide bonds. The Morgan fingerprint density at radius 3 is 2.55 bits per heavy atom. The normalized spacial score (nSPS) is 10.7. The second-order valence-corrected chi connectivity index (χ2v) is 6.40. The number of hydrazone groups is 1. The molecule has 0 aliphatic rings. The Morgan fingerprint density at radius 2 is 1.93 bits per heavy atom. The van der Waals surface area contributed by atoms with Crippen molar-refractivity contribution in [2.45, 2.75) is 20.8 Å². The van der Waals surface area contributed by atoms with E-state index in [-0.39, 0.29) is 11.5 Å². The molecular formula is C22H21N5O2. The Kier molecular flexibility index (Phi) is 6.05. The maximum absolute atomic E-state index is 12.3. The molecule has 0 saturated carbocycles. The second kappa shape index (κ2) is 8.85. The molecule has 0 unspecified atom stereocenters. The number of hydrogen-bond donors (Lipinski definition) is 2. The molecule has 0 bridgehead atoms. The molecule has 2 N–H and O–H groups in total. The van der Waals surface area contributed by atoms with Crippen molar-refractivity contribution in [1.29, 1.82) is 5.26 Å². The van der Waals surface area contributed by atoms with Crippen LogP contribution in [0.1, 0.15) is 29.2 Å². The van der Waals surface area contributed by atoms with Crippen molar-refractivity contribution < 1.29 is 4.74 Å². The van der Waals surface area contributed by atoms with E-state index in [1.807, 2.05) is 57.2 Å². The summed E-state index contributed by atoms with van der Waals surface area (Å²) in [6.45, 7) is 6.52.